The second kappa shape index (κ2) is 8.37. The van der Waals surface area contributed by atoms with E-state index in [1.165, 1.54) is 4.31 Å². The van der Waals surface area contributed by atoms with Crippen molar-refractivity contribution in [2.24, 2.45) is 0 Å². The molecule has 3 heterocycles. The standard InChI is InChI=1S/C21H24N6O2S/c1-16-6-7-18(15-17(16)2)30(28,29)27-13-11-26(12-14-27)21-9-8-20(24-25-21)23-19-5-3-4-10-22-19/h3-10,15H,11-14H2,1-2H3,(H,22,23,24). The molecule has 1 aliphatic heterocycles. The van der Waals surface area contributed by atoms with E-state index < -0.39 is 10.0 Å². The van der Waals surface area contributed by atoms with E-state index in [0.29, 0.717) is 42.7 Å². The van der Waals surface area contributed by atoms with E-state index in [1.54, 1.807) is 18.3 Å². The van der Waals surface area contributed by atoms with Crippen molar-refractivity contribution in [1.82, 2.24) is 19.5 Å². The van der Waals surface area contributed by atoms with E-state index >= 15 is 0 Å². The molecular weight excluding hydrogens is 400 g/mol. The lowest BCUT2D eigenvalue weighted by molar-refractivity contribution is 0.383. The van der Waals surface area contributed by atoms with Crippen LogP contribution in [0, 0.1) is 13.8 Å². The second-order valence-corrected chi connectivity index (χ2v) is 9.19. The van der Waals surface area contributed by atoms with Crippen molar-refractivity contribution in [2.75, 3.05) is 36.4 Å². The van der Waals surface area contributed by atoms with Crippen LogP contribution in [0.15, 0.2) is 59.6 Å². The van der Waals surface area contributed by atoms with Crippen LogP contribution >= 0.6 is 0 Å². The summed E-state index contributed by atoms with van der Waals surface area (Å²) in [5.41, 5.74) is 2.06. The molecule has 0 spiro atoms. The molecule has 4 rings (SSSR count). The Balaban J connectivity index is 1.40. The zero-order chi connectivity index (χ0) is 21.1. The molecule has 0 bridgehead atoms. The van der Waals surface area contributed by atoms with Gasteiger partial charge < -0.3 is 10.2 Å². The zero-order valence-electron chi connectivity index (χ0n) is 17.0. The maximum atomic E-state index is 13.0. The van der Waals surface area contributed by atoms with Crippen molar-refractivity contribution in [2.45, 2.75) is 18.7 Å². The molecule has 1 aromatic carbocycles. The lowest BCUT2D eigenvalue weighted by atomic mass is 10.1. The number of hydrogen-bond acceptors (Lipinski definition) is 7. The summed E-state index contributed by atoms with van der Waals surface area (Å²) in [6.07, 6.45) is 1.70. The number of nitrogens with zero attached hydrogens (tertiary/aromatic N) is 5. The van der Waals surface area contributed by atoms with Gasteiger partial charge in [-0.05, 0) is 61.4 Å². The van der Waals surface area contributed by atoms with Gasteiger partial charge in [0, 0.05) is 32.4 Å². The number of sulfonamides is 1. The largest absolute Gasteiger partial charge is 0.352 e. The van der Waals surface area contributed by atoms with Crippen molar-refractivity contribution in [1.29, 1.82) is 0 Å². The highest BCUT2D eigenvalue weighted by Gasteiger charge is 2.29. The average Bonchev–Trinajstić information content (AvgIpc) is 2.77. The first-order valence-electron chi connectivity index (χ1n) is 9.77. The summed E-state index contributed by atoms with van der Waals surface area (Å²) in [6, 6.07) is 14.6. The zero-order valence-corrected chi connectivity index (χ0v) is 17.8. The number of nitrogens with one attached hydrogen (secondary N) is 1. The van der Waals surface area contributed by atoms with Crippen LogP contribution in [-0.4, -0.2) is 54.1 Å². The molecule has 0 unspecified atom stereocenters. The maximum Gasteiger partial charge on any atom is 0.243 e. The number of piperazine rings is 1. The number of anilines is 3. The monoisotopic (exact) mass is 424 g/mol. The third kappa shape index (κ3) is 4.27. The van der Waals surface area contributed by atoms with Gasteiger partial charge in [-0.2, -0.15) is 4.31 Å². The van der Waals surface area contributed by atoms with Gasteiger partial charge in [0.25, 0.3) is 0 Å². The van der Waals surface area contributed by atoms with Gasteiger partial charge in [0.15, 0.2) is 11.6 Å². The Labute approximate surface area is 176 Å². The van der Waals surface area contributed by atoms with Gasteiger partial charge in [0.05, 0.1) is 4.90 Å². The number of benzene rings is 1. The van der Waals surface area contributed by atoms with Crippen LogP contribution in [0.1, 0.15) is 11.1 Å². The van der Waals surface area contributed by atoms with E-state index in [1.807, 2.05) is 55.1 Å². The first-order valence-corrected chi connectivity index (χ1v) is 11.2. The van der Waals surface area contributed by atoms with Gasteiger partial charge in [-0.3, -0.25) is 0 Å². The first kappa shape index (κ1) is 20.2. The number of hydrogen-bond donors (Lipinski definition) is 1. The van der Waals surface area contributed by atoms with Crippen LogP contribution in [-0.2, 0) is 10.0 Å². The van der Waals surface area contributed by atoms with E-state index in [0.717, 1.165) is 16.9 Å². The molecule has 30 heavy (non-hydrogen) atoms. The maximum absolute atomic E-state index is 13.0. The molecule has 0 radical (unpaired) electrons. The molecule has 0 amide bonds. The predicted molar refractivity (Wildman–Crippen MR) is 116 cm³/mol. The van der Waals surface area contributed by atoms with Gasteiger partial charge in [0.1, 0.15) is 5.82 Å². The minimum absolute atomic E-state index is 0.351. The van der Waals surface area contributed by atoms with Gasteiger partial charge in [-0.15, -0.1) is 10.2 Å². The molecule has 3 aromatic rings. The van der Waals surface area contributed by atoms with Crippen LogP contribution in [0.2, 0.25) is 0 Å². The fraction of sp³-hybridized carbons (Fsp3) is 0.286. The van der Waals surface area contributed by atoms with E-state index in [-0.39, 0.29) is 0 Å². The molecule has 1 aliphatic rings. The Morgan fingerprint density at radius 1 is 0.867 bits per heavy atom. The van der Waals surface area contributed by atoms with Gasteiger partial charge in [-0.1, -0.05) is 12.1 Å². The number of aryl methyl sites for hydroxylation is 2. The van der Waals surface area contributed by atoms with Crippen LogP contribution < -0.4 is 10.2 Å². The molecule has 1 N–H and O–H groups in total. The third-order valence-corrected chi connectivity index (χ3v) is 7.14. The van der Waals surface area contributed by atoms with E-state index in [9.17, 15) is 8.42 Å². The summed E-state index contributed by atoms with van der Waals surface area (Å²) in [4.78, 5) is 6.60. The summed E-state index contributed by atoms with van der Waals surface area (Å²) < 4.78 is 27.5. The molecule has 9 heteroatoms. The smallest absolute Gasteiger partial charge is 0.243 e. The molecule has 1 fully saturated rings. The molecule has 0 aliphatic carbocycles. The molecular formula is C21H24N6O2S. The highest BCUT2D eigenvalue weighted by molar-refractivity contribution is 7.89. The fourth-order valence-electron chi connectivity index (χ4n) is 3.31. The van der Waals surface area contributed by atoms with Gasteiger partial charge in [-0.25, -0.2) is 13.4 Å². The average molecular weight is 425 g/mol. The summed E-state index contributed by atoms with van der Waals surface area (Å²) in [6.45, 7) is 5.84. The lowest BCUT2D eigenvalue weighted by Crippen LogP contribution is -2.49. The summed E-state index contributed by atoms with van der Waals surface area (Å²) in [5.74, 6) is 2.03. The van der Waals surface area contributed by atoms with Crippen molar-refractivity contribution in [3.8, 4) is 0 Å². The molecule has 1 saturated heterocycles. The Hall–Kier alpha value is -3.04. The molecule has 8 nitrogen and oxygen atoms in total. The molecule has 2 aromatic heterocycles. The second-order valence-electron chi connectivity index (χ2n) is 7.25. The quantitative estimate of drug-likeness (QED) is 0.673. The number of aromatic nitrogens is 3. The SMILES string of the molecule is Cc1ccc(S(=O)(=O)N2CCN(c3ccc(Nc4ccccn4)nn3)CC2)cc1C. The Bertz CT molecular complexity index is 1110. The summed E-state index contributed by atoms with van der Waals surface area (Å²) >= 11 is 0. The van der Waals surface area contributed by atoms with Crippen molar-refractivity contribution in [3.05, 3.63) is 65.9 Å². The van der Waals surface area contributed by atoms with Crippen molar-refractivity contribution in [3.63, 3.8) is 0 Å². The number of pyridine rings is 1. The van der Waals surface area contributed by atoms with Crippen LogP contribution in [0.25, 0.3) is 0 Å². The Morgan fingerprint density at radius 2 is 1.67 bits per heavy atom. The van der Waals surface area contributed by atoms with Crippen LogP contribution in [0.3, 0.4) is 0 Å². The fourth-order valence-corrected chi connectivity index (χ4v) is 4.82. The lowest BCUT2D eigenvalue weighted by Gasteiger charge is -2.34. The van der Waals surface area contributed by atoms with Crippen molar-refractivity contribution >= 4 is 27.5 Å². The van der Waals surface area contributed by atoms with Crippen LogP contribution in [0.4, 0.5) is 17.5 Å². The normalized spacial score (nSPS) is 15.2. The minimum atomic E-state index is -3.49. The van der Waals surface area contributed by atoms with Crippen LogP contribution in [0.5, 0.6) is 0 Å². The summed E-state index contributed by atoms with van der Waals surface area (Å²) in [5, 5.41) is 11.6. The van der Waals surface area contributed by atoms with E-state index in [2.05, 4.69) is 20.5 Å². The van der Waals surface area contributed by atoms with E-state index in [4.69, 9.17) is 0 Å². The Morgan fingerprint density at radius 3 is 2.30 bits per heavy atom. The predicted octanol–water partition coefficient (Wildman–Crippen LogP) is 2.74. The minimum Gasteiger partial charge on any atom is -0.352 e. The highest BCUT2D eigenvalue weighted by atomic mass is 32.2. The third-order valence-electron chi connectivity index (χ3n) is 5.25. The van der Waals surface area contributed by atoms with Gasteiger partial charge in [0.2, 0.25) is 10.0 Å². The molecule has 0 atom stereocenters. The summed E-state index contributed by atoms with van der Waals surface area (Å²) in [7, 11) is -3.49. The van der Waals surface area contributed by atoms with Gasteiger partial charge >= 0.3 is 0 Å². The van der Waals surface area contributed by atoms with Crippen molar-refractivity contribution < 1.29 is 8.42 Å². The number of rotatable bonds is 5. The Kier molecular flexibility index (Phi) is 5.65. The topological polar surface area (TPSA) is 91.3 Å². The molecule has 0 saturated carbocycles. The molecule has 156 valence electrons. The highest BCUT2D eigenvalue weighted by Crippen LogP contribution is 2.22. The first-order chi connectivity index (χ1) is 14.4.